The van der Waals surface area contributed by atoms with Gasteiger partial charge in [0.2, 0.25) is 0 Å². The summed E-state index contributed by atoms with van der Waals surface area (Å²) in [6, 6.07) is 9.96. The first-order valence-corrected chi connectivity index (χ1v) is 11.5. The van der Waals surface area contributed by atoms with Crippen LogP contribution < -0.4 is 10.6 Å². The van der Waals surface area contributed by atoms with Crippen LogP contribution in [0.4, 0.5) is 31.1 Å². The lowest BCUT2D eigenvalue weighted by Gasteiger charge is -2.34. The molecule has 3 N–H and O–H groups in total. The summed E-state index contributed by atoms with van der Waals surface area (Å²) in [6.07, 6.45) is -9.54. The zero-order valence-corrected chi connectivity index (χ0v) is 19.7. The second-order valence-corrected chi connectivity index (χ2v) is 8.58. The highest BCUT2D eigenvalue weighted by Crippen LogP contribution is 2.29. The predicted molar refractivity (Wildman–Crippen MR) is 119 cm³/mol. The molecule has 2 aromatic rings. The standard InChI is InChI=1S/C19H24F3N5OS.C2HF3O2/c20-19(21,22)16-14-29-17(25-16)12-24-18(28)23-6-7-26-8-10-27(11-9-26)13-15-4-2-1-3-5-15;3-2(4,5)1(6)7/h1-5,14H,6-13H2,(H2,23,24,28);(H,6,7). The van der Waals surface area contributed by atoms with Crippen LogP contribution in [-0.2, 0) is 24.1 Å². The van der Waals surface area contributed by atoms with Crippen molar-refractivity contribution in [1.82, 2.24) is 25.4 Å². The fourth-order valence-electron chi connectivity index (χ4n) is 3.08. The molecule has 1 fully saturated rings. The maximum Gasteiger partial charge on any atom is 0.490 e. The molecule has 0 aliphatic carbocycles. The number of hydrogen-bond acceptors (Lipinski definition) is 6. The van der Waals surface area contributed by atoms with Crippen LogP contribution in [0.3, 0.4) is 0 Å². The molecule has 15 heteroatoms. The first-order chi connectivity index (χ1) is 16.8. The van der Waals surface area contributed by atoms with Crippen LogP contribution in [0.2, 0.25) is 0 Å². The van der Waals surface area contributed by atoms with Gasteiger partial charge in [0.15, 0.2) is 5.69 Å². The van der Waals surface area contributed by atoms with E-state index in [1.54, 1.807) is 0 Å². The lowest BCUT2D eigenvalue weighted by Crippen LogP contribution is -2.48. The van der Waals surface area contributed by atoms with Gasteiger partial charge in [-0.15, -0.1) is 11.3 Å². The molecule has 2 amide bonds. The summed E-state index contributed by atoms with van der Waals surface area (Å²) in [4.78, 5) is 28.9. The second-order valence-electron chi connectivity index (χ2n) is 7.64. The fraction of sp³-hybridized carbons (Fsp3) is 0.476. The highest BCUT2D eigenvalue weighted by molar-refractivity contribution is 7.09. The van der Waals surface area contributed by atoms with Crippen LogP contribution in [0.25, 0.3) is 0 Å². The van der Waals surface area contributed by atoms with Crippen molar-refractivity contribution in [1.29, 1.82) is 0 Å². The molecule has 0 spiro atoms. The third-order valence-electron chi connectivity index (χ3n) is 4.91. The molecule has 0 atom stereocenters. The molecule has 1 aliphatic rings. The zero-order valence-electron chi connectivity index (χ0n) is 18.9. The summed E-state index contributed by atoms with van der Waals surface area (Å²) in [5.74, 6) is -2.76. The Morgan fingerprint density at radius 2 is 1.56 bits per heavy atom. The Morgan fingerprint density at radius 3 is 2.08 bits per heavy atom. The van der Waals surface area contributed by atoms with Crippen molar-refractivity contribution in [3.63, 3.8) is 0 Å². The lowest BCUT2D eigenvalue weighted by atomic mass is 10.2. The van der Waals surface area contributed by atoms with Gasteiger partial charge >= 0.3 is 24.4 Å². The molecular weight excluding hydrogens is 516 g/mol. The Bertz CT molecular complexity index is 963. The highest BCUT2D eigenvalue weighted by atomic mass is 32.1. The van der Waals surface area contributed by atoms with Gasteiger partial charge < -0.3 is 15.7 Å². The Hall–Kier alpha value is -2.91. The molecule has 3 rings (SSSR count). The number of amides is 2. The average Bonchev–Trinajstić information content (AvgIpc) is 3.29. The lowest BCUT2D eigenvalue weighted by molar-refractivity contribution is -0.192. The monoisotopic (exact) mass is 541 g/mol. The number of aliphatic carboxylic acids is 1. The number of benzene rings is 1. The molecule has 200 valence electrons. The third-order valence-corrected chi connectivity index (χ3v) is 5.76. The van der Waals surface area contributed by atoms with Crippen molar-refractivity contribution in [2.24, 2.45) is 0 Å². The number of carbonyl (C=O) groups is 2. The summed E-state index contributed by atoms with van der Waals surface area (Å²) in [5.41, 5.74) is 0.382. The molecule has 1 aromatic heterocycles. The number of carboxylic acids is 1. The van der Waals surface area contributed by atoms with Gasteiger partial charge in [0.25, 0.3) is 0 Å². The number of nitrogens with zero attached hydrogens (tertiary/aromatic N) is 3. The topological polar surface area (TPSA) is 97.8 Å². The van der Waals surface area contributed by atoms with Crippen molar-refractivity contribution in [2.75, 3.05) is 39.3 Å². The summed E-state index contributed by atoms with van der Waals surface area (Å²) < 4.78 is 69.3. The van der Waals surface area contributed by atoms with Gasteiger partial charge in [-0.2, -0.15) is 26.3 Å². The van der Waals surface area contributed by atoms with Crippen LogP contribution in [0.15, 0.2) is 35.7 Å². The molecule has 0 saturated carbocycles. The first kappa shape index (κ1) is 29.3. The van der Waals surface area contributed by atoms with Crippen LogP contribution in [-0.4, -0.2) is 77.3 Å². The van der Waals surface area contributed by atoms with Crippen molar-refractivity contribution in [3.05, 3.63) is 52.0 Å². The SMILES string of the molecule is O=C(NCCN1CCN(Cc2ccccc2)CC1)NCc1nc(C(F)(F)F)cs1.O=C(O)C(F)(F)F. The van der Waals surface area contributed by atoms with Crippen LogP contribution in [0.5, 0.6) is 0 Å². The summed E-state index contributed by atoms with van der Waals surface area (Å²) in [5, 5.41) is 13.6. The number of nitrogens with one attached hydrogen (secondary N) is 2. The summed E-state index contributed by atoms with van der Waals surface area (Å²) in [7, 11) is 0. The number of piperazine rings is 1. The Labute approximate surface area is 206 Å². The Balaban J connectivity index is 0.000000572. The molecule has 2 heterocycles. The maximum atomic E-state index is 12.5. The Morgan fingerprint density at radius 1 is 0.972 bits per heavy atom. The molecule has 8 nitrogen and oxygen atoms in total. The van der Waals surface area contributed by atoms with E-state index in [1.165, 1.54) is 5.56 Å². The molecule has 0 bridgehead atoms. The van der Waals surface area contributed by atoms with Crippen molar-refractivity contribution in [3.8, 4) is 0 Å². The zero-order chi connectivity index (χ0) is 26.8. The van der Waals surface area contributed by atoms with Crippen LogP contribution in [0.1, 0.15) is 16.3 Å². The van der Waals surface area contributed by atoms with Gasteiger partial charge in [0.1, 0.15) is 5.01 Å². The fourth-order valence-corrected chi connectivity index (χ4v) is 3.82. The van der Waals surface area contributed by atoms with Gasteiger partial charge in [-0.3, -0.25) is 9.80 Å². The summed E-state index contributed by atoms with van der Waals surface area (Å²) in [6.45, 7) is 5.98. The number of aromatic nitrogens is 1. The van der Waals surface area contributed by atoms with Crippen molar-refractivity contribution < 1.29 is 41.0 Å². The van der Waals surface area contributed by atoms with E-state index in [0.29, 0.717) is 6.54 Å². The Kier molecular flexibility index (Phi) is 10.9. The number of rotatable bonds is 7. The van der Waals surface area contributed by atoms with Crippen LogP contribution >= 0.6 is 11.3 Å². The smallest absolute Gasteiger partial charge is 0.475 e. The molecule has 36 heavy (non-hydrogen) atoms. The predicted octanol–water partition coefficient (Wildman–Crippen LogP) is 3.41. The van der Waals surface area contributed by atoms with E-state index < -0.39 is 30.0 Å². The maximum absolute atomic E-state index is 12.5. The molecule has 0 radical (unpaired) electrons. The molecule has 1 saturated heterocycles. The van der Waals surface area contributed by atoms with Crippen molar-refractivity contribution >= 4 is 23.3 Å². The minimum absolute atomic E-state index is 0.0231. The first-order valence-electron chi connectivity index (χ1n) is 10.7. The van der Waals surface area contributed by atoms with Gasteiger partial charge in [-0.1, -0.05) is 30.3 Å². The number of hydrogen-bond donors (Lipinski definition) is 3. The minimum atomic E-state index is -5.08. The van der Waals surface area contributed by atoms with E-state index in [2.05, 4.69) is 37.6 Å². The number of halogens is 6. The van der Waals surface area contributed by atoms with E-state index in [-0.39, 0.29) is 11.6 Å². The van der Waals surface area contributed by atoms with E-state index >= 15 is 0 Å². The normalized spacial score (nSPS) is 15.1. The number of alkyl halides is 6. The molecule has 1 aliphatic heterocycles. The van der Waals surface area contributed by atoms with E-state index in [9.17, 15) is 31.1 Å². The van der Waals surface area contributed by atoms with E-state index in [1.807, 2.05) is 18.2 Å². The number of thiazole rings is 1. The number of urea groups is 1. The second kappa shape index (κ2) is 13.4. The van der Waals surface area contributed by atoms with Crippen LogP contribution in [0, 0.1) is 0 Å². The number of carboxylic acid groups (broad SMARTS) is 1. The number of carbonyl (C=O) groups excluding carboxylic acids is 1. The van der Waals surface area contributed by atoms with Gasteiger partial charge in [0, 0.05) is 51.2 Å². The van der Waals surface area contributed by atoms with E-state index in [4.69, 9.17) is 9.90 Å². The highest BCUT2D eigenvalue weighted by Gasteiger charge is 2.38. The van der Waals surface area contributed by atoms with Gasteiger partial charge in [-0.25, -0.2) is 14.6 Å². The van der Waals surface area contributed by atoms with Gasteiger partial charge in [-0.05, 0) is 5.56 Å². The average molecular weight is 542 g/mol. The van der Waals surface area contributed by atoms with Crippen molar-refractivity contribution in [2.45, 2.75) is 25.4 Å². The molecule has 1 aromatic carbocycles. The quantitative estimate of drug-likeness (QED) is 0.465. The minimum Gasteiger partial charge on any atom is -0.475 e. The molecule has 0 unspecified atom stereocenters. The third kappa shape index (κ3) is 10.8. The van der Waals surface area contributed by atoms with E-state index in [0.717, 1.165) is 56.0 Å². The van der Waals surface area contributed by atoms with Gasteiger partial charge in [0.05, 0.1) is 6.54 Å². The summed E-state index contributed by atoms with van der Waals surface area (Å²) >= 11 is 0.879. The largest absolute Gasteiger partial charge is 0.490 e. The molecular formula is C21H25F6N5O3S.